The lowest BCUT2D eigenvalue weighted by Gasteiger charge is -2.38. The summed E-state index contributed by atoms with van der Waals surface area (Å²) in [5.74, 6) is 1.70. The monoisotopic (exact) mass is 247 g/mol. The number of hydrogen-bond acceptors (Lipinski definition) is 5. The van der Waals surface area contributed by atoms with Crippen molar-refractivity contribution in [2.75, 3.05) is 29.9 Å². The van der Waals surface area contributed by atoms with Crippen molar-refractivity contribution in [1.82, 2.24) is 10.2 Å². The minimum atomic E-state index is 0.313. The van der Waals surface area contributed by atoms with Crippen molar-refractivity contribution in [2.24, 2.45) is 11.7 Å². The van der Waals surface area contributed by atoms with E-state index in [1.807, 2.05) is 6.20 Å². The van der Waals surface area contributed by atoms with Crippen LogP contribution in [0.3, 0.4) is 0 Å². The number of rotatable bonds is 4. The molecular formula is C13H21N5. The van der Waals surface area contributed by atoms with Crippen molar-refractivity contribution in [2.45, 2.75) is 31.7 Å². The first kappa shape index (κ1) is 11.7. The van der Waals surface area contributed by atoms with E-state index in [4.69, 9.17) is 5.73 Å². The van der Waals surface area contributed by atoms with Crippen LogP contribution in [0.5, 0.6) is 0 Å². The zero-order chi connectivity index (χ0) is 12.4. The molecule has 3 N–H and O–H groups in total. The number of nitrogens with one attached hydrogen (secondary N) is 1. The Morgan fingerprint density at radius 3 is 2.83 bits per heavy atom. The zero-order valence-electron chi connectivity index (χ0n) is 10.7. The van der Waals surface area contributed by atoms with Gasteiger partial charge in [0.05, 0.1) is 11.9 Å². The van der Waals surface area contributed by atoms with Gasteiger partial charge in [0, 0.05) is 31.7 Å². The van der Waals surface area contributed by atoms with Crippen molar-refractivity contribution in [3.8, 4) is 0 Å². The summed E-state index contributed by atoms with van der Waals surface area (Å²) in [5, 5.41) is 11.6. The fraction of sp³-hybridized carbons (Fsp3) is 0.692. The maximum atomic E-state index is 5.79. The SMILES string of the molecule is NC1CN(c2cnnc(NCC3CCCC3)c2)C1. The van der Waals surface area contributed by atoms with Crippen molar-refractivity contribution >= 4 is 11.5 Å². The zero-order valence-corrected chi connectivity index (χ0v) is 10.7. The highest BCUT2D eigenvalue weighted by atomic mass is 15.2. The topological polar surface area (TPSA) is 67.1 Å². The van der Waals surface area contributed by atoms with Gasteiger partial charge in [0.15, 0.2) is 5.82 Å². The highest BCUT2D eigenvalue weighted by molar-refractivity contribution is 5.54. The summed E-state index contributed by atoms with van der Waals surface area (Å²) in [7, 11) is 0. The normalized spacial score (nSPS) is 21.1. The molecule has 0 spiro atoms. The van der Waals surface area contributed by atoms with Crippen molar-refractivity contribution < 1.29 is 0 Å². The molecule has 0 atom stereocenters. The lowest BCUT2D eigenvalue weighted by molar-refractivity contribution is 0.518. The van der Waals surface area contributed by atoms with Crippen LogP contribution in [-0.2, 0) is 0 Å². The summed E-state index contributed by atoms with van der Waals surface area (Å²) in [4.78, 5) is 2.24. The number of nitrogens with zero attached hydrogens (tertiary/aromatic N) is 3. The van der Waals surface area contributed by atoms with E-state index in [2.05, 4.69) is 26.5 Å². The van der Waals surface area contributed by atoms with Crippen LogP contribution in [0.1, 0.15) is 25.7 Å². The largest absolute Gasteiger partial charge is 0.368 e. The van der Waals surface area contributed by atoms with Gasteiger partial charge in [-0.2, -0.15) is 5.10 Å². The van der Waals surface area contributed by atoms with Gasteiger partial charge >= 0.3 is 0 Å². The molecule has 98 valence electrons. The lowest BCUT2D eigenvalue weighted by atomic mass is 10.1. The Hall–Kier alpha value is -1.36. The van der Waals surface area contributed by atoms with Crippen LogP contribution in [0, 0.1) is 5.92 Å². The van der Waals surface area contributed by atoms with Gasteiger partial charge in [-0.05, 0) is 18.8 Å². The Morgan fingerprint density at radius 1 is 1.33 bits per heavy atom. The summed E-state index contributed by atoms with van der Waals surface area (Å²) in [6, 6.07) is 2.39. The van der Waals surface area contributed by atoms with Crippen LogP contribution < -0.4 is 16.0 Å². The van der Waals surface area contributed by atoms with Gasteiger partial charge in [-0.25, -0.2) is 0 Å². The first-order valence-electron chi connectivity index (χ1n) is 6.88. The third kappa shape index (κ3) is 2.56. The lowest BCUT2D eigenvalue weighted by Crippen LogP contribution is -2.55. The Kier molecular flexibility index (Phi) is 3.32. The van der Waals surface area contributed by atoms with Gasteiger partial charge in [0.2, 0.25) is 0 Å². The summed E-state index contributed by atoms with van der Waals surface area (Å²) in [6.07, 6.45) is 7.27. The average molecular weight is 247 g/mol. The number of anilines is 2. The molecule has 0 aromatic carbocycles. The van der Waals surface area contributed by atoms with Crippen molar-refractivity contribution in [3.63, 3.8) is 0 Å². The van der Waals surface area contributed by atoms with Gasteiger partial charge in [-0.15, -0.1) is 5.10 Å². The molecule has 3 rings (SSSR count). The minimum absolute atomic E-state index is 0.313. The Balaban J connectivity index is 1.56. The molecule has 0 amide bonds. The number of nitrogens with two attached hydrogens (primary N) is 1. The Bertz CT molecular complexity index is 396. The summed E-state index contributed by atoms with van der Waals surface area (Å²) in [6.45, 7) is 2.87. The Labute approximate surface area is 108 Å². The molecule has 1 aromatic rings. The van der Waals surface area contributed by atoms with E-state index in [1.54, 1.807) is 0 Å². The van der Waals surface area contributed by atoms with Crippen LogP contribution in [0.15, 0.2) is 12.3 Å². The molecule has 18 heavy (non-hydrogen) atoms. The van der Waals surface area contributed by atoms with Gasteiger partial charge in [0.25, 0.3) is 0 Å². The second kappa shape index (κ2) is 5.10. The van der Waals surface area contributed by atoms with E-state index in [1.165, 1.54) is 25.7 Å². The number of hydrogen-bond donors (Lipinski definition) is 2. The molecule has 5 heteroatoms. The van der Waals surface area contributed by atoms with Crippen LogP contribution in [0.25, 0.3) is 0 Å². The molecule has 1 saturated carbocycles. The fourth-order valence-corrected chi connectivity index (χ4v) is 2.80. The molecule has 1 aliphatic carbocycles. The molecule has 0 radical (unpaired) electrons. The van der Waals surface area contributed by atoms with E-state index in [-0.39, 0.29) is 0 Å². The maximum absolute atomic E-state index is 5.79. The van der Waals surface area contributed by atoms with Crippen LogP contribution in [0.4, 0.5) is 11.5 Å². The van der Waals surface area contributed by atoms with Crippen molar-refractivity contribution in [3.05, 3.63) is 12.3 Å². The highest BCUT2D eigenvalue weighted by Crippen LogP contribution is 2.25. The molecule has 2 fully saturated rings. The first-order chi connectivity index (χ1) is 8.81. The first-order valence-corrected chi connectivity index (χ1v) is 6.88. The minimum Gasteiger partial charge on any atom is -0.368 e. The third-order valence-corrected chi connectivity index (χ3v) is 3.96. The molecule has 1 saturated heterocycles. The molecular weight excluding hydrogens is 226 g/mol. The van der Waals surface area contributed by atoms with E-state index in [9.17, 15) is 0 Å². The van der Waals surface area contributed by atoms with Gasteiger partial charge in [-0.1, -0.05) is 12.8 Å². The summed E-state index contributed by atoms with van der Waals surface area (Å²) in [5.41, 5.74) is 6.92. The quantitative estimate of drug-likeness (QED) is 0.837. The van der Waals surface area contributed by atoms with Crippen LogP contribution in [0.2, 0.25) is 0 Å². The molecule has 2 heterocycles. The second-order valence-electron chi connectivity index (χ2n) is 5.50. The van der Waals surface area contributed by atoms with E-state index < -0.39 is 0 Å². The van der Waals surface area contributed by atoms with Gasteiger partial charge in [0.1, 0.15) is 0 Å². The molecule has 1 aliphatic heterocycles. The molecule has 5 nitrogen and oxygen atoms in total. The fourth-order valence-electron chi connectivity index (χ4n) is 2.80. The van der Waals surface area contributed by atoms with Crippen LogP contribution in [-0.4, -0.2) is 35.9 Å². The summed E-state index contributed by atoms with van der Waals surface area (Å²) >= 11 is 0. The standard InChI is InChI=1S/C13H21N5/c14-11-8-18(9-11)12-5-13(17-16-7-12)15-6-10-3-1-2-4-10/h5,7,10-11H,1-4,6,8-9,14H2,(H,15,17). The summed E-state index contributed by atoms with van der Waals surface area (Å²) < 4.78 is 0. The second-order valence-corrected chi connectivity index (χ2v) is 5.50. The van der Waals surface area contributed by atoms with Gasteiger partial charge < -0.3 is 16.0 Å². The smallest absolute Gasteiger partial charge is 0.150 e. The third-order valence-electron chi connectivity index (χ3n) is 3.96. The number of aromatic nitrogens is 2. The Morgan fingerprint density at radius 2 is 2.11 bits per heavy atom. The van der Waals surface area contributed by atoms with Crippen LogP contribution >= 0.6 is 0 Å². The highest BCUT2D eigenvalue weighted by Gasteiger charge is 2.23. The maximum Gasteiger partial charge on any atom is 0.150 e. The van der Waals surface area contributed by atoms with E-state index in [0.29, 0.717) is 6.04 Å². The van der Waals surface area contributed by atoms with E-state index in [0.717, 1.165) is 37.1 Å². The van der Waals surface area contributed by atoms with Crippen molar-refractivity contribution in [1.29, 1.82) is 0 Å². The molecule has 0 bridgehead atoms. The predicted molar refractivity (Wildman–Crippen MR) is 72.7 cm³/mol. The van der Waals surface area contributed by atoms with Gasteiger partial charge in [-0.3, -0.25) is 0 Å². The van der Waals surface area contributed by atoms with E-state index >= 15 is 0 Å². The average Bonchev–Trinajstić information content (AvgIpc) is 2.86. The molecule has 1 aromatic heterocycles. The predicted octanol–water partition coefficient (Wildman–Crippen LogP) is 1.23. The molecule has 2 aliphatic rings. The molecule has 0 unspecified atom stereocenters.